The number of nitrogens with zero attached hydrogens (tertiary/aromatic N) is 1. The molecule has 0 fully saturated rings. The molecule has 0 amide bonds. The van der Waals surface area contributed by atoms with Gasteiger partial charge in [-0.2, -0.15) is 0 Å². The number of benzene rings is 2. The van der Waals surface area contributed by atoms with Gasteiger partial charge in [-0.1, -0.05) is 42.3 Å². The lowest BCUT2D eigenvalue weighted by atomic mass is 10.0. The number of fused-ring (bicyclic) bond motifs is 1. The molecule has 1 aliphatic rings. The van der Waals surface area contributed by atoms with Crippen molar-refractivity contribution in [2.75, 3.05) is 0 Å². The van der Waals surface area contributed by atoms with E-state index in [0.717, 1.165) is 30.4 Å². The van der Waals surface area contributed by atoms with Crippen LogP contribution in [0.4, 0.5) is 4.39 Å². The SMILES string of the molecule is CCC1CCc2c1cn(S(=O)(=O)c1ccc(Cl)c(Cl)c1)c2-c1ccccc1F. The van der Waals surface area contributed by atoms with Crippen LogP contribution in [0.25, 0.3) is 11.3 Å². The van der Waals surface area contributed by atoms with Gasteiger partial charge in [-0.3, -0.25) is 0 Å². The summed E-state index contributed by atoms with van der Waals surface area (Å²) < 4.78 is 42.7. The van der Waals surface area contributed by atoms with Crippen molar-refractivity contribution in [3.8, 4) is 11.3 Å². The zero-order valence-corrected chi connectivity index (χ0v) is 17.5. The molecule has 1 atom stereocenters. The molecule has 146 valence electrons. The third kappa shape index (κ3) is 3.06. The normalized spacial score (nSPS) is 16.4. The smallest absolute Gasteiger partial charge is 0.240 e. The highest BCUT2D eigenvalue weighted by atomic mass is 35.5. The van der Waals surface area contributed by atoms with Gasteiger partial charge in [-0.15, -0.1) is 0 Å². The predicted octanol–water partition coefficient (Wildman–Crippen LogP) is 6.28. The first kappa shape index (κ1) is 19.5. The zero-order chi connectivity index (χ0) is 20.1. The Morgan fingerprint density at radius 2 is 1.89 bits per heavy atom. The summed E-state index contributed by atoms with van der Waals surface area (Å²) in [6.45, 7) is 2.08. The highest BCUT2D eigenvalue weighted by Gasteiger charge is 2.33. The van der Waals surface area contributed by atoms with Gasteiger partial charge in [0.25, 0.3) is 10.0 Å². The third-order valence-corrected chi connectivity index (χ3v) is 7.76. The van der Waals surface area contributed by atoms with Crippen LogP contribution in [0.1, 0.15) is 36.8 Å². The monoisotopic (exact) mass is 437 g/mol. The molecule has 0 aliphatic heterocycles. The minimum absolute atomic E-state index is 0.0150. The van der Waals surface area contributed by atoms with E-state index in [9.17, 15) is 12.8 Å². The van der Waals surface area contributed by atoms with Crippen LogP contribution >= 0.6 is 23.2 Å². The van der Waals surface area contributed by atoms with Gasteiger partial charge in [-0.05, 0) is 66.6 Å². The summed E-state index contributed by atoms with van der Waals surface area (Å²) in [4.78, 5) is 0.0150. The van der Waals surface area contributed by atoms with E-state index in [4.69, 9.17) is 23.2 Å². The van der Waals surface area contributed by atoms with Gasteiger partial charge >= 0.3 is 0 Å². The highest BCUT2D eigenvalue weighted by Crippen LogP contribution is 2.44. The molecule has 1 aromatic heterocycles. The molecule has 0 radical (unpaired) electrons. The molecule has 0 N–H and O–H groups in total. The first-order valence-electron chi connectivity index (χ1n) is 9.04. The Hall–Kier alpha value is -1.82. The molecule has 7 heteroatoms. The number of rotatable bonds is 4. The first-order chi connectivity index (χ1) is 13.3. The molecule has 0 bridgehead atoms. The van der Waals surface area contributed by atoms with Crippen LogP contribution in [0.15, 0.2) is 53.6 Å². The summed E-state index contributed by atoms with van der Waals surface area (Å²) in [5, 5.41) is 0.428. The van der Waals surface area contributed by atoms with Crippen LogP contribution in [-0.4, -0.2) is 12.4 Å². The lowest BCUT2D eigenvalue weighted by Gasteiger charge is -2.14. The van der Waals surface area contributed by atoms with Crippen molar-refractivity contribution < 1.29 is 12.8 Å². The molecule has 28 heavy (non-hydrogen) atoms. The second kappa shape index (κ2) is 7.21. The molecule has 3 aromatic rings. The molecular formula is C21H18Cl2FNO2S. The minimum atomic E-state index is -3.98. The quantitative estimate of drug-likeness (QED) is 0.481. The molecule has 1 unspecified atom stereocenters. The Morgan fingerprint density at radius 1 is 1.14 bits per heavy atom. The standard InChI is InChI=1S/C21H18Cl2FNO2S/c1-2-13-7-9-15-17(13)12-25(21(15)16-5-3-4-6-20(16)24)28(26,27)14-8-10-18(22)19(23)11-14/h3-6,8,10-13H,2,7,9H2,1H3. The Morgan fingerprint density at radius 3 is 2.57 bits per heavy atom. The van der Waals surface area contributed by atoms with E-state index in [1.807, 2.05) is 0 Å². The fourth-order valence-electron chi connectivity index (χ4n) is 3.93. The van der Waals surface area contributed by atoms with Crippen molar-refractivity contribution in [2.45, 2.75) is 37.0 Å². The van der Waals surface area contributed by atoms with Crippen molar-refractivity contribution in [1.29, 1.82) is 0 Å². The van der Waals surface area contributed by atoms with Gasteiger partial charge in [0, 0.05) is 11.8 Å². The maximum atomic E-state index is 14.6. The van der Waals surface area contributed by atoms with Crippen molar-refractivity contribution in [3.05, 3.63) is 75.7 Å². The van der Waals surface area contributed by atoms with E-state index < -0.39 is 15.8 Å². The maximum absolute atomic E-state index is 14.6. The molecule has 4 rings (SSSR count). The van der Waals surface area contributed by atoms with E-state index in [1.54, 1.807) is 24.4 Å². The van der Waals surface area contributed by atoms with E-state index in [-0.39, 0.29) is 26.4 Å². The molecule has 0 saturated heterocycles. The first-order valence-corrected chi connectivity index (χ1v) is 11.2. The lowest BCUT2D eigenvalue weighted by Crippen LogP contribution is -2.14. The molecule has 2 aromatic carbocycles. The Kier molecular flexibility index (Phi) is 5.02. The second-order valence-corrected chi connectivity index (χ2v) is 9.54. The molecular weight excluding hydrogens is 420 g/mol. The fraction of sp³-hybridized carbons (Fsp3) is 0.238. The highest BCUT2D eigenvalue weighted by molar-refractivity contribution is 7.90. The fourth-order valence-corrected chi connectivity index (χ4v) is 5.72. The summed E-state index contributed by atoms with van der Waals surface area (Å²) in [7, 11) is -3.98. The van der Waals surface area contributed by atoms with Crippen molar-refractivity contribution in [2.24, 2.45) is 0 Å². The summed E-state index contributed by atoms with van der Waals surface area (Å²) in [6, 6.07) is 10.5. The molecule has 0 saturated carbocycles. The molecule has 0 spiro atoms. The average molecular weight is 438 g/mol. The van der Waals surface area contributed by atoms with Crippen LogP contribution < -0.4 is 0 Å². The Balaban J connectivity index is 1.99. The average Bonchev–Trinajstić information content (AvgIpc) is 3.23. The largest absolute Gasteiger partial charge is 0.268 e. The van der Waals surface area contributed by atoms with Crippen molar-refractivity contribution >= 4 is 33.2 Å². The number of hydrogen-bond acceptors (Lipinski definition) is 2. The summed E-state index contributed by atoms with van der Waals surface area (Å²) in [6.07, 6.45) is 4.22. The predicted molar refractivity (Wildman–Crippen MR) is 110 cm³/mol. The maximum Gasteiger partial charge on any atom is 0.268 e. The number of aromatic nitrogens is 1. The van der Waals surface area contributed by atoms with Crippen LogP contribution in [-0.2, 0) is 16.4 Å². The Labute approximate surface area is 173 Å². The van der Waals surface area contributed by atoms with Gasteiger partial charge in [0.05, 0.1) is 20.6 Å². The summed E-state index contributed by atoms with van der Waals surface area (Å²) in [5.74, 6) is -0.181. The molecule has 3 nitrogen and oxygen atoms in total. The minimum Gasteiger partial charge on any atom is -0.240 e. The van der Waals surface area contributed by atoms with E-state index in [1.165, 1.54) is 28.2 Å². The summed E-state index contributed by atoms with van der Waals surface area (Å²) in [5.41, 5.74) is 2.56. The third-order valence-electron chi connectivity index (χ3n) is 5.36. The van der Waals surface area contributed by atoms with Crippen molar-refractivity contribution in [1.82, 2.24) is 3.97 Å². The molecule has 1 heterocycles. The van der Waals surface area contributed by atoms with E-state index in [0.29, 0.717) is 5.69 Å². The van der Waals surface area contributed by atoms with Gasteiger partial charge in [0.2, 0.25) is 0 Å². The van der Waals surface area contributed by atoms with Gasteiger partial charge < -0.3 is 0 Å². The van der Waals surface area contributed by atoms with E-state index >= 15 is 0 Å². The summed E-state index contributed by atoms with van der Waals surface area (Å²) >= 11 is 12.0. The number of halogens is 3. The van der Waals surface area contributed by atoms with E-state index in [2.05, 4.69) is 6.92 Å². The van der Waals surface area contributed by atoms with Crippen LogP contribution in [0.5, 0.6) is 0 Å². The lowest BCUT2D eigenvalue weighted by molar-refractivity contribution is 0.586. The van der Waals surface area contributed by atoms with Crippen LogP contribution in [0, 0.1) is 5.82 Å². The van der Waals surface area contributed by atoms with Crippen molar-refractivity contribution in [3.63, 3.8) is 0 Å². The van der Waals surface area contributed by atoms with Crippen LogP contribution in [0.2, 0.25) is 10.0 Å². The van der Waals surface area contributed by atoms with Crippen LogP contribution in [0.3, 0.4) is 0 Å². The Bertz CT molecular complexity index is 1170. The topological polar surface area (TPSA) is 39.1 Å². The van der Waals surface area contributed by atoms with Gasteiger partial charge in [0.1, 0.15) is 5.82 Å². The van der Waals surface area contributed by atoms with Gasteiger partial charge in [0.15, 0.2) is 0 Å². The van der Waals surface area contributed by atoms with Gasteiger partial charge in [-0.25, -0.2) is 16.8 Å². The molecule has 1 aliphatic carbocycles. The zero-order valence-electron chi connectivity index (χ0n) is 15.1. The second-order valence-electron chi connectivity index (χ2n) is 6.91. The number of hydrogen-bond donors (Lipinski definition) is 0.